The minimum atomic E-state index is -0.0594. The van der Waals surface area contributed by atoms with Crippen molar-refractivity contribution in [3.05, 3.63) is 43.9 Å². The smallest absolute Gasteiger partial charge is 0.261 e. The summed E-state index contributed by atoms with van der Waals surface area (Å²) in [5.41, 5.74) is 1.02. The third kappa shape index (κ3) is 2.84. The van der Waals surface area contributed by atoms with E-state index < -0.39 is 0 Å². The molecule has 0 aliphatic carbocycles. The lowest BCUT2D eigenvalue weighted by Crippen LogP contribution is -2.25. The van der Waals surface area contributed by atoms with Crippen LogP contribution in [0.3, 0.4) is 0 Å². The zero-order valence-corrected chi connectivity index (χ0v) is 12.8. The van der Waals surface area contributed by atoms with E-state index in [0.717, 1.165) is 20.9 Å². The molecule has 1 atom stereocenters. The lowest BCUT2D eigenvalue weighted by Gasteiger charge is -2.12. The first kappa shape index (κ1) is 13.4. The molecule has 18 heavy (non-hydrogen) atoms. The molecule has 2 aromatic heterocycles. The number of halogens is 1. The molecule has 0 aromatic carbocycles. The Kier molecular flexibility index (Phi) is 3.92. The van der Waals surface area contributed by atoms with Crippen molar-refractivity contribution >= 4 is 33.2 Å². The maximum Gasteiger partial charge on any atom is 0.261 e. The van der Waals surface area contributed by atoms with Gasteiger partial charge in [0.25, 0.3) is 5.91 Å². The highest BCUT2D eigenvalue weighted by atomic mass is 79.9. The molecule has 2 heterocycles. The van der Waals surface area contributed by atoms with Gasteiger partial charge < -0.3 is 9.73 Å². The number of hydrogen-bond acceptors (Lipinski definition) is 3. The van der Waals surface area contributed by atoms with Gasteiger partial charge in [0.15, 0.2) is 0 Å². The van der Waals surface area contributed by atoms with Gasteiger partial charge in [-0.05, 0) is 54.9 Å². The van der Waals surface area contributed by atoms with Crippen molar-refractivity contribution in [1.29, 1.82) is 0 Å². The number of hydrogen-bond donors (Lipinski definition) is 1. The van der Waals surface area contributed by atoms with E-state index in [0.29, 0.717) is 4.88 Å². The summed E-state index contributed by atoms with van der Waals surface area (Å²) in [6.07, 6.45) is 0. The molecule has 0 saturated carbocycles. The fourth-order valence-electron chi connectivity index (χ4n) is 1.86. The van der Waals surface area contributed by atoms with E-state index in [-0.39, 0.29) is 11.9 Å². The van der Waals surface area contributed by atoms with Gasteiger partial charge in [-0.1, -0.05) is 0 Å². The molecule has 1 unspecified atom stereocenters. The second-order valence-electron chi connectivity index (χ2n) is 4.17. The number of amides is 1. The number of furan rings is 1. The molecule has 1 N–H and O–H groups in total. The van der Waals surface area contributed by atoms with Gasteiger partial charge in [-0.25, -0.2) is 0 Å². The summed E-state index contributed by atoms with van der Waals surface area (Å²) >= 11 is 4.77. The standard InChI is InChI=1S/C13H14BrNO2S/c1-7-6-10(9(3)17-7)8(2)15-13(16)11-4-5-12(14)18-11/h4-6,8H,1-3H3,(H,15,16). The molecule has 0 aliphatic rings. The van der Waals surface area contributed by atoms with Crippen LogP contribution in [0, 0.1) is 13.8 Å². The van der Waals surface area contributed by atoms with Crippen molar-refractivity contribution in [3.8, 4) is 0 Å². The minimum absolute atomic E-state index is 0.0588. The minimum Gasteiger partial charge on any atom is -0.466 e. The second kappa shape index (κ2) is 5.28. The molecular weight excluding hydrogens is 314 g/mol. The first-order chi connectivity index (χ1) is 8.47. The Morgan fingerprint density at radius 2 is 2.17 bits per heavy atom. The third-order valence-corrected chi connectivity index (χ3v) is 4.31. The summed E-state index contributed by atoms with van der Waals surface area (Å²) in [6, 6.07) is 5.59. The van der Waals surface area contributed by atoms with Gasteiger partial charge in [0.2, 0.25) is 0 Å². The van der Waals surface area contributed by atoms with Crippen molar-refractivity contribution < 1.29 is 9.21 Å². The van der Waals surface area contributed by atoms with Crippen LogP contribution >= 0.6 is 27.3 Å². The Morgan fingerprint density at radius 3 is 2.67 bits per heavy atom. The zero-order valence-electron chi connectivity index (χ0n) is 10.4. The predicted octanol–water partition coefficient (Wildman–Crippen LogP) is 4.21. The van der Waals surface area contributed by atoms with Gasteiger partial charge in [-0.2, -0.15) is 0 Å². The van der Waals surface area contributed by atoms with Crippen molar-refractivity contribution in [1.82, 2.24) is 5.32 Å². The van der Waals surface area contributed by atoms with Crippen LogP contribution in [0.5, 0.6) is 0 Å². The zero-order chi connectivity index (χ0) is 13.3. The maximum absolute atomic E-state index is 12.0. The number of rotatable bonds is 3. The Labute approximate surface area is 118 Å². The van der Waals surface area contributed by atoms with Crippen LogP contribution < -0.4 is 5.32 Å². The molecular formula is C13H14BrNO2S. The van der Waals surface area contributed by atoms with E-state index in [1.165, 1.54) is 11.3 Å². The van der Waals surface area contributed by atoms with E-state index >= 15 is 0 Å². The van der Waals surface area contributed by atoms with Crippen LogP contribution in [0.15, 0.2) is 26.4 Å². The normalized spacial score (nSPS) is 12.4. The Balaban J connectivity index is 2.10. The molecule has 0 spiro atoms. The van der Waals surface area contributed by atoms with Gasteiger partial charge in [0.05, 0.1) is 14.7 Å². The Hall–Kier alpha value is -1.07. The first-order valence-corrected chi connectivity index (χ1v) is 7.21. The molecule has 5 heteroatoms. The molecule has 0 aliphatic heterocycles. The van der Waals surface area contributed by atoms with Crippen LogP contribution in [0.25, 0.3) is 0 Å². The van der Waals surface area contributed by atoms with Gasteiger partial charge in [0.1, 0.15) is 11.5 Å². The second-order valence-corrected chi connectivity index (χ2v) is 6.63. The lowest BCUT2D eigenvalue weighted by molar-refractivity contribution is 0.0944. The van der Waals surface area contributed by atoms with E-state index in [4.69, 9.17) is 4.42 Å². The number of carbonyl (C=O) groups excluding carboxylic acids is 1. The molecule has 0 radical (unpaired) electrons. The van der Waals surface area contributed by atoms with Gasteiger partial charge in [-0.3, -0.25) is 4.79 Å². The highest BCUT2D eigenvalue weighted by Gasteiger charge is 2.16. The number of aryl methyl sites for hydroxylation is 2. The van der Waals surface area contributed by atoms with Gasteiger partial charge >= 0.3 is 0 Å². The monoisotopic (exact) mass is 327 g/mol. The van der Waals surface area contributed by atoms with E-state index in [2.05, 4.69) is 21.2 Å². The predicted molar refractivity (Wildman–Crippen MR) is 76.1 cm³/mol. The first-order valence-electron chi connectivity index (χ1n) is 5.60. The largest absolute Gasteiger partial charge is 0.466 e. The molecule has 0 fully saturated rings. The average molecular weight is 328 g/mol. The lowest BCUT2D eigenvalue weighted by atomic mass is 10.1. The van der Waals surface area contributed by atoms with E-state index in [9.17, 15) is 4.79 Å². The molecule has 3 nitrogen and oxygen atoms in total. The van der Waals surface area contributed by atoms with Crippen LogP contribution in [0.2, 0.25) is 0 Å². The topological polar surface area (TPSA) is 42.2 Å². The molecule has 2 aromatic rings. The fraction of sp³-hybridized carbons (Fsp3) is 0.308. The summed E-state index contributed by atoms with van der Waals surface area (Å²) in [7, 11) is 0. The van der Waals surface area contributed by atoms with E-state index in [1.54, 1.807) is 0 Å². The molecule has 0 bridgehead atoms. The van der Waals surface area contributed by atoms with Crippen LogP contribution in [0.1, 0.15) is 39.7 Å². The number of nitrogens with one attached hydrogen (secondary N) is 1. The van der Waals surface area contributed by atoms with Crippen molar-refractivity contribution in [2.45, 2.75) is 26.8 Å². The van der Waals surface area contributed by atoms with Crippen LogP contribution in [-0.2, 0) is 0 Å². The molecule has 0 saturated heterocycles. The Morgan fingerprint density at radius 1 is 1.44 bits per heavy atom. The number of carbonyl (C=O) groups is 1. The quantitative estimate of drug-likeness (QED) is 0.917. The fourth-order valence-corrected chi connectivity index (χ4v) is 3.15. The van der Waals surface area contributed by atoms with Crippen molar-refractivity contribution in [3.63, 3.8) is 0 Å². The highest BCUT2D eigenvalue weighted by molar-refractivity contribution is 9.11. The molecule has 96 valence electrons. The molecule has 2 rings (SSSR count). The van der Waals surface area contributed by atoms with Crippen molar-refractivity contribution in [2.75, 3.05) is 0 Å². The third-order valence-electron chi connectivity index (χ3n) is 2.69. The highest BCUT2D eigenvalue weighted by Crippen LogP contribution is 2.24. The Bertz CT molecular complexity index is 573. The van der Waals surface area contributed by atoms with Crippen molar-refractivity contribution in [2.24, 2.45) is 0 Å². The van der Waals surface area contributed by atoms with Crippen LogP contribution in [-0.4, -0.2) is 5.91 Å². The SMILES string of the molecule is Cc1cc(C(C)NC(=O)c2ccc(Br)s2)c(C)o1. The maximum atomic E-state index is 12.0. The van der Waals surface area contributed by atoms with E-state index in [1.807, 2.05) is 39.0 Å². The van der Waals surface area contributed by atoms with Gasteiger partial charge in [-0.15, -0.1) is 11.3 Å². The van der Waals surface area contributed by atoms with Crippen LogP contribution in [0.4, 0.5) is 0 Å². The summed E-state index contributed by atoms with van der Waals surface area (Å²) < 4.78 is 6.43. The average Bonchev–Trinajstić information content (AvgIpc) is 2.84. The molecule has 1 amide bonds. The number of thiophene rings is 1. The summed E-state index contributed by atoms with van der Waals surface area (Å²) in [6.45, 7) is 5.77. The summed E-state index contributed by atoms with van der Waals surface area (Å²) in [4.78, 5) is 12.7. The summed E-state index contributed by atoms with van der Waals surface area (Å²) in [5.74, 6) is 1.66. The summed E-state index contributed by atoms with van der Waals surface area (Å²) in [5, 5.41) is 2.97. The van der Waals surface area contributed by atoms with Gasteiger partial charge in [0, 0.05) is 5.56 Å².